The molecule has 4 rings (SSSR count). The number of halogens is 3. The maximum Gasteiger partial charge on any atom is 0.416 e. The van der Waals surface area contributed by atoms with Gasteiger partial charge in [-0.15, -0.1) is 0 Å². The molecule has 4 aromatic rings. The average molecular weight is 344 g/mol. The normalized spacial score (nSPS) is 12.2. The molecule has 0 unspecified atom stereocenters. The Morgan fingerprint density at radius 2 is 1.68 bits per heavy atom. The van der Waals surface area contributed by atoms with E-state index in [0.717, 1.165) is 29.0 Å². The van der Waals surface area contributed by atoms with Gasteiger partial charge >= 0.3 is 6.18 Å². The fourth-order valence-electron chi connectivity index (χ4n) is 2.95. The third-order valence-corrected chi connectivity index (χ3v) is 4.18. The summed E-state index contributed by atoms with van der Waals surface area (Å²) in [6.07, 6.45) is -4.50. The maximum absolute atomic E-state index is 12.9. The SMILES string of the molecule is COc1cccc2cc3oc4cc(C(F)(F)F)ccc4c(=O)c3cc12. The van der Waals surface area contributed by atoms with Gasteiger partial charge in [0.2, 0.25) is 5.43 Å². The predicted molar refractivity (Wildman–Crippen MR) is 89.1 cm³/mol. The van der Waals surface area contributed by atoms with E-state index in [1.807, 2.05) is 6.07 Å². The first-order valence-electron chi connectivity index (χ1n) is 7.43. The van der Waals surface area contributed by atoms with Gasteiger partial charge in [-0.2, -0.15) is 13.2 Å². The molecule has 1 aromatic heterocycles. The summed E-state index contributed by atoms with van der Waals surface area (Å²) in [6, 6.07) is 11.5. The summed E-state index contributed by atoms with van der Waals surface area (Å²) >= 11 is 0. The van der Waals surface area contributed by atoms with Gasteiger partial charge in [-0.25, -0.2) is 0 Å². The standard InChI is InChI=1S/C19H11F3O3/c1-24-15-4-2-3-10-7-16-14(9-13(10)15)18(23)12-6-5-11(19(20,21)22)8-17(12)25-16/h2-9H,1H3. The van der Waals surface area contributed by atoms with E-state index < -0.39 is 11.7 Å². The van der Waals surface area contributed by atoms with Crippen molar-refractivity contribution in [3.8, 4) is 5.75 Å². The van der Waals surface area contributed by atoms with Crippen molar-refractivity contribution in [2.45, 2.75) is 6.18 Å². The highest BCUT2D eigenvalue weighted by atomic mass is 19.4. The van der Waals surface area contributed by atoms with Crippen molar-refractivity contribution in [1.82, 2.24) is 0 Å². The monoisotopic (exact) mass is 344 g/mol. The topological polar surface area (TPSA) is 39.4 Å². The molecule has 3 nitrogen and oxygen atoms in total. The van der Waals surface area contributed by atoms with Gasteiger partial charge in [0.05, 0.1) is 23.4 Å². The Bertz CT molecular complexity index is 1190. The van der Waals surface area contributed by atoms with E-state index in [4.69, 9.17) is 9.15 Å². The molecule has 25 heavy (non-hydrogen) atoms. The molecule has 0 aliphatic carbocycles. The zero-order valence-electron chi connectivity index (χ0n) is 13.0. The van der Waals surface area contributed by atoms with E-state index in [2.05, 4.69) is 0 Å². The molecular formula is C19H11F3O3. The van der Waals surface area contributed by atoms with Crippen LogP contribution in [0.1, 0.15) is 5.56 Å². The zero-order chi connectivity index (χ0) is 17.8. The summed E-state index contributed by atoms with van der Waals surface area (Å²) in [5.41, 5.74) is -1.09. The Morgan fingerprint density at radius 1 is 0.920 bits per heavy atom. The molecule has 0 aliphatic heterocycles. The van der Waals surface area contributed by atoms with Gasteiger partial charge in [-0.1, -0.05) is 12.1 Å². The summed E-state index contributed by atoms with van der Waals surface area (Å²) < 4.78 is 49.6. The van der Waals surface area contributed by atoms with Gasteiger partial charge in [0.1, 0.15) is 16.9 Å². The van der Waals surface area contributed by atoms with Crippen LogP contribution in [0.2, 0.25) is 0 Å². The summed E-state index contributed by atoms with van der Waals surface area (Å²) in [6.45, 7) is 0. The molecule has 0 saturated carbocycles. The average Bonchev–Trinajstić information content (AvgIpc) is 2.58. The molecule has 0 radical (unpaired) electrons. The van der Waals surface area contributed by atoms with E-state index in [1.165, 1.54) is 7.11 Å². The number of fused-ring (bicyclic) bond motifs is 3. The van der Waals surface area contributed by atoms with Crippen LogP contribution in [-0.2, 0) is 6.18 Å². The molecule has 0 saturated heterocycles. The number of methoxy groups -OCH3 is 1. The lowest BCUT2D eigenvalue weighted by atomic mass is 10.0. The van der Waals surface area contributed by atoms with Crippen LogP contribution in [-0.4, -0.2) is 7.11 Å². The first kappa shape index (κ1) is 15.5. The van der Waals surface area contributed by atoms with Crippen LogP contribution in [0.3, 0.4) is 0 Å². The Hall–Kier alpha value is -3.02. The summed E-state index contributed by atoms with van der Waals surface area (Å²) in [7, 11) is 1.53. The van der Waals surface area contributed by atoms with Gasteiger partial charge in [-0.3, -0.25) is 4.79 Å². The number of hydrogen-bond acceptors (Lipinski definition) is 3. The van der Waals surface area contributed by atoms with E-state index in [1.54, 1.807) is 24.3 Å². The quantitative estimate of drug-likeness (QED) is 0.450. The highest BCUT2D eigenvalue weighted by Crippen LogP contribution is 2.33. The summed E-state index contributed by atoms with van der Waals surface area (Å²) in [5, 5.41) is 1.90. The van der Waals surface area contributed by atoms with Gasteiger partial charge in [0, 0.05) is 5.39 Å². The van der Waals surface area contributed by atoms with Crippen LogP contribution < -0.4 is 10.2 Å². The fraction of sp³-hybridized carbons (Fsp3) is 0.105. The third kappa shape index (κ3) is 2.41. The highest BCUT2D eigenvalue weighted by molar-refractivity contribution is 6.01. The molecule has 0 atom stereocenters. The zero-order valence-corrected chi connectivity index (χ0v) is 13.0. The molecule has 1 heterocycles. The second-order valence-corrected chi connectivity index (χ2v) is 5.67. The van der Waals surface area contributed by atoms with E-state index in [9.17, 15) is 18.0 Å². The van der Waals surface area contributed by atoms with Crippen LogP contribution >= 0.6 is 0 Å². The molecule has 0 bridgehead atoms. The number of ether oxygens (including phenoxy) is 1. The van der Waals surface area contributed by atoms with Crippen molar-refractivity contribution in [3.63, 3.8) is 0 Å². The van der Waals surface area contributed by atoms with Crippen molar-refractivity contribution >= 4 is 32.7 Å². The van der Waals surface area contributed by atoms with E-state index in [0.29, 0.717) is 11.1 Å². The number of hydrogen-bond donors (Lipinski definition) is 0. The minimum Gasteiger partial charge on any atom is -0.496 e. The molecule has 6 heteroatoms. The van der Waals surface area contributed by atoms with Crippen molar-refractivity contribution < 1.29 is 22.3 Å². The second-order valence-electron chi connectivity index (χ2n) is 5.67. The third-order valence-electron chi connectivity index (χ3n) is 4.18. The Balaban J connectivity index is 2.11. The lowest BCUT2D eigenvalue weighted by Gasteiger charge is -2.09. The Morgan fingerprint density at radius 3 is 2.40 bits per heavy atom. The fourth-order valence-corrected chi connectivity index (χ4v) is 2.95. The van der Waals surface area contributed by atoms with Crippen molar-refractivity contribution in [2.24, 2.45) is 0 Å². The van der Waals surface area contributed by atoms with E-state index >= 15 is 0 Å². The first-order valence-corrected chi connectivity index (χ1v) is 7.43. The molecule has 0 N–H and O–H groups in total. The maximum atomic E-state index is 12.9. The molecule has 0 fully saturated rings. The van der Waals surface area contributed by atoms with Crippen LogP contribution in [0.15, 0.2) is 57.7 Å². The predicted octanol–water partition coefficient (Wildman–Crippen LogP) is 5.13. The van der Waals surface area contributed by atoms with Crippen LogP contribution in [0.25, 0.3) is 32.7 Å². The second kappa shape index (κ2) is 5.24. The number of benzene rings is 3. The van der Waals surface area contributed by atoms with Gasteiger partial charge in [-0.05, 0) is 41.8 Å². The molecule has 0 spiro atoms. The smallest absolute Gasteiger partial charge is 0.416 e. The minimum atomic E-state index is -4.50. The largest absolute Gasteiger partial charge is 0.496 e. The van der Waals surface area contributed by atoms with Crippen molar-refractivity contribution in [2.75, 3.05) is 7.11 Å². The van der Waals surface area contributed by atoms with Crippen LogP contribution in [0, 0.1) is 0 Å². The number of rotatable bonds is 1. The van der Waals surface area contributed by atoms with E-state index in [-0.39, 0.29) is 22.0 Å². The Kier molecular flexibility index (Phi) is 3.25. The first-order chi connectivity index (χ1) is 11.9. The van der Waals surface area contributed by atoms with Crippen molar-refractivity contribution in [1.29, 1.82) is 0 Å². The molecule has 0 amide bonds. The van der Waals surface area contributed by atoms with Crippen LogP contribution in [0.4, 0.5) is 13.2 Å². The molecule has 3 aromatic carbocycles. The summed E-state index contributed by atoms with van der Waals surface area (Å²) in [5.74, 6) is 0.603. The lowest BCUT2D eigenvalue weighted by molar-refractivity contribution is -0.137. The number of alkyl halides is 3. The van der Waals surface area contributed by atoms with Crippen molar-refractivity contribution in [3.05, 3.63) is 64.3 Å². The molecular weight excluding hydrogens is 333 g/mol. The highest BCUT2D eigenvalue weighted by Gasteiger charge is 2.31. The van der Waals surface area contributed by atoms with Crippen LogP contribution in [0.5, 0.6) is 5.75 Å². The lowest BCUT2D eigenvalue weighted by Crippen LogP contribution is -2.07. The minimum absolute atomic E-state index is 0.0884. The molecule has 0 aliphatic rings. The molecule has 126 valence electrons. The summed E-state index contributed by atoms with van der Waals surface area (Å²) in [4.78, 5) is 12.7. The Labute approximate surface area is 139 Å². The van der Waals surface area contributed by atoms with Gasteiger partial charge in [0.15, 0.2) is 0 Å². The van der Waals surface area contributed by atoms with Gasteiger partial charge in [0.25, 0.3) is 0 Å². The van der Waals surface area contributed by atoms with Gasteiger partial charge < -0.3 is 9.15 Å².